The van der Waals surface area contributed by atoms with Crippen molar-refractivity contribution in [3.63, 3.8) is 0 Å². The Morgan fingerprint density at radius 2 is 1.47 bits per heavy atom. The van der Waals surface area contributed by atoms with E-state index in [9.17, 15) is 27.4 Å². The van der Waals surface area contributed by atoms with Gasteiger partial charge in [-0.1, -0.05) is 48.6 Å². The number of hydrogen-bond acceptors (Lipinski definition) is 14. The van der Waals surface area contributed by atoms with Crippen LogP contribution in [-0.4, -0.2) is 131 Å². The molecule has 16 nitrogen and oxygen atoms in total. The number of nitrogens with zero attached hydrogens (tertiary/aromatic N) is 3. The maximum absolute atomic E-state index is 12.5. The van der Waals surface area contributed by atoms with Gasteiger partial charge in [-0.15, -0.1) is 5.06 Å². The average molecular weight is 1030 g/mol. The van der Waals surface area contributed by atoms with Crippen LogP contribution >= 0.6 is 0 Å². The molecule has 3 aromatic rings. The van der Waals surface area contributed by atoms with Gasteiger partial charge in [0.05, 0.1) is 75.3 Å². The van der Waals surface area contributed by atoms with Gasteiger partial charge in [-0.05, 0) is 82.9 Å². The van der Waals surface area contributed by atoms with E-state index in [1.165, 1.54) is 12.1 Å². The largest absolute Gasteiger partial charge is 1.00 e. The molecule has 7 rings (SSSR count). The van der Waals surface area contributed by atoms with Crippen LogP contribution in [0, 0.1) is 0 Å². The summed E-state index contributed by atoms with van der Waals surface area (Å²) >= 11 is 0. The monoisotopic (exact) mass is 1030 g/mol. The third-order valence-electron chi connectivity index (χ3n) is 13.1. The molecular weight excluding hydrogens is 966 g/mol. The van der Waals surface area contributed by atoms with E-state index in [1.54, 1.807) is 13.2 Å². The summed E-state index contributed by atoms with van der Waals surface area (Å²) in [4.78, 5) is 43.4. The number of carbonyl (C=O) groups is 3. The number of ether oxygens (including phenoxy) is 6. The number of unbranched alkanes of at least 4 members (excludes halogenated alkanes) is 2. The van der Waals surface area contributed by atoms with Crippen molar-refractivity contribution < 1.29 is 94.7 Å². The third-order valence-corrected chi connectivity index (χ3v) is 13.9. The van der Waals surface area contributed by atoms with E-state index < -0.39 is 33.3 Å². The van der Waals surface area contributed by atoms with Gasteiger partial charge < -0.3 is 42.7 Å². The molecule has 4 aliphatic heterocycles. The summed E-state index contributed by atoms with van der Waals surface area (Å²) in [6.45, 7) is 16.1. The molecule has 73 heavy (non-hydrogen) atoms. The number of allylic oxidation sites excluding steroid dienone is 6. The predicted molar refractivity (Wildman–Crippen MR) is 272 cm³/mol. The predicted octanol–water partition coefficient (Wildman–Crippen LogP) is 4.93. The van der Waals surface area contributed by atoms with E-state index in [0.717, 1.165) is 44.9 Å². The van der Waals surface area contributed by atoms with Gasteiger partial charge in [0.25, 0.3) is 11.8 Å². The Labute approximate surface area is 451 Å². The number of benzene rings is 3. The van der Waals surface area contributed by atoms with Crippen LogP contribution in [0.4, 0.5) is 11.4 Å². The van der Waals surface area contributed by atoms with Crippen LogP contribution in [0.15, 0.2) is 95.9 Å². The Morgan fingerprint density at radius 3 is 2.11 bits per heavy atom. The van der Waals surface area contributed by atoms with Gasteiger partial charge in [-0.3, -0.25) is 9.59 Å². The van der Waals surface area contributed by atoms with E-state index in [4.69, 9.17) is 33.3 Å². The van der Waals surface area contributed by atoms with E-state index in [-0.39, 0.29) is 59.3 Å². The van der Waals surface area contributed by atoms with E-state index in [2.05, 4.69) is 54.5 Å². The van der Waals surface area contributed by atoms with Gasteiger partial charge in [0, 0.05) is 85.5 Å². The fraction of sp³-hybridized carbons (Fsp3) is 0.455. The summed E-state index contributed by atoms with van der Waals surface area (Å²) in [5.74, 6) is -0.292. The molecule has 2 amide bonds. The Hall–Kier alpha value is -4.79. The zero-order valence-corrected chi connectivity index (χ0v) is 46.1. The number of amides is 2. The van der Waals surface area contributed by atoms with Gasteiger partial charge in [-0.2, -0.15) is 4.58 Å². The molecular formula is C55H67N3NaO13S+. The normalized spacial score (nSPS) is 17.3. The first-order valence-electron chi connectivity index (χ1n) is 24.6. The molecule has 4 heterocycles. The number of fused-ring (bicyclic) bond motifs is 3. The number of methoxy groups -OCH3 is 1. The first-order chi connectivity index (χ1) is 34.5. The second kappa shape index (κ2) is 26.1. The maximum atomic E-state index is 12.5. The van der Waals surface area contributed by atoms with Crippen LogP contribution in [0.3, 0.4) is 0 Å². The minimum absolute atomic E-state index is 0. The summed E-state index contributed by atoms with van der Waals surface area (Å²) in [5.41, 5.74) is 7.37. The Balaban J connectivity index is 0.00000869. The molecule has 1 fully saturated rings. The molecule has 0 aliphatic carbocycles. The number of imide groups is 1. The second-order valence-corrected chi connectivity index (χ2v) is 20.4. The van der Waals surface area contributed by atoms with Crippen LogP contribution in [0.5, 0.6) is 5.75 Å². The van der Waals surface area contributed by atoms with Gasteiger partial charge in [0.2, 0.25) is 5.69 Å². The Kier molecular flexibility index (Phi) is 20.6. The molecule has 18 heteroatoms. The topological polar surface area (TPSA) is 183 Å². The van der Waals surface area contributed by atoms with Crippen LogP contribution in [-0.2, 0) is 58.4 Å². The number of carbonyl (C=O) groups excluding carboxylic acids is 3. The van der Waals surface area contributed by atoms with E-state index in [0.29, 0.717) is 114 Å². The maximum Gasteiger partial charge on any atom is 1.00 e. The summed E-state index contributed by atoms with van der Waals surface area (Å²) < 4.78 is 73.3. The molecule has 0 unspecified atom stereocenters. The molecule has 0 saturated carbocycles. The quantitative estimate of drug-likeness (QED) is 0.0347. The molecule has 3 aromatic carbocycles. The van der Waals surface area contributed by atoms with Crippen LogP contribution < -0.4 is 39.2 Å². The molecule has 0 atom stereocenters. The Bertz CT molecular complexity index is 2730. The fourth-order valence-corrected chi connectivity index (χ4v) is 9.94. The van der Waals surface area contributed by atoms with Gasteiger partial charge in [-0.25, -0.2) is 13.2 Å². The Morgan fingerprint density at radius 1 is 0.822 bits per heavy atom. The zero-order chi connectivity index (χ0) is 51.5. The molecule has 4 aliphatic rings. The summed E-state index contributed by atoms with van der Waals surface area (Å²) in [5, 5.41) is 0.560. The van der Waals surface area contributed by atoms with E-state index >= 15 is 0 Å². The number of hydroxylamine groups is 2. The third kappa shape index (κ3) is 14.5. The van der Waals surface area contributed by atoms with Crippen LogP contribution in [0.25, 0.3) is 16.9 Å². The average Bonchev–Trinajstić information content (AvgIpc) is 3.77. The van der Waals surface area contributed by atoms with Crippen molar-refractivity contribution in [2.24, 2.45) is 0 Å². The van der Waals surface area contributed by atoms with Crippen molar-refractivity contribution in [2.45, 2.75) is 89.0 Å². The van der Waals surface area contributed by atoms with Crippen molar-refractivity contribution in [3.05, 3.63) is 113 Å². The van der Waals surface area contributed by atoms with Gasteiger partial charge >= 0.3 is 35.5 Å². The summed E-state index contributed by atoms with van der Waals surface area (Å²) in [7, 11) is -3.08. The zero-order valence-electron chi connectivity index (χ0n) is 43.2. The standard InChI is InChI=1S/C55H67N3O13S.Na/c1-39-38-54(2,3)57(24-25-66-28-29-68-32-33-69-31-30-67-27-26-65-6)47-37-49-44(36-43(39)47)41(34-48(70-49)40-14-9-7-10-15-40)16-13-17-50-55(4,5)45-35-42(72(62,63)64)19-20-46(45)56(50)23-12-8-11-18-53(61)71-58-51(59)21-22-52(58)60;/h7,9-10,13-17,19-20,34-38H,8,11-12,18,21-33H2,1-6H3;/q;+1. The molecule has 0 aromatic heterocycles. The first kappa shape index (κ1) is 57.5. The van der Waals surface area contributed by atoms with Crippen molar-refractivity contribution in [3.8, 4) is 5.75 Å². The van der Waals surface area contributed by atoms with Crippen LogP contribution in [0.1, 0.15) is 95.4 Å². The number of rotatable bonds is 26. The molecule has 386 valence electrons. The minimum Gasteiger partial charge on any atom is -0.744 e. The number of anilines is 1. The van der Waals surface area contributed by atoms with E-state index in [1.807, 2.05) is 62.4 Å². The van der Waals surface area contributed by atoms with Crippen molar-refractivity contribution in [1.29, 1.82) is 0 Å². The van der Waals surface area contributed by atoms with Gasteiger partial charge in [0.15, 0.2) is 5.71 Å². The van der Waals surface area contributed by atoms with Crippen LogP contribution in [0.2, 0.25) is 0 Å². The van der Waals surface area contributed by atoms with Crippen molar-refractivity contribution >= 4 is 61.9 Å². The summed E-state index contributed by atoms with van der Waals surface area (Å²) in [6.07, 6.45) is 12.2. The smallest absolute Gasteiger partial charge is 0.744 e. The number of hydrogen-bond donors (Lipinski definition) is 0. The molecule has 0 spiro atoms. The van der Waals surface area contributed by atoms with Crippen molar-refractivity contribution in [2.75, 3.05) is 84.6 Å². The first-order valence-corrected chi connectivity index (χ1v) is 26.0. The molecule has 0 radical (unpaired) electrons. The van der Waals surface area contributed by atoms with Gasteiger partial charge in [0.1, 0.15) is 28.2 Å². The fourth-order valence-electron chi connectivity index (χ4n) is 9.45. The molecule has 0 bridgehead atoms. The summed E-state index contributed by atoms with van der Waals surface area (Å²) in [6, 6.07) is 18.8. The SMILES string of the molecule is COCCOCCOCCOCCOCCN1c2cc3c(cc2C(C)=CC1(C)C)C(=CC=CC1=[N+](CCCCCC(=O)ON2C(=O)CCC2=O)c2ccc(S(=O)(=O)[O-])cc2C1(C)C)C=C(c1ccccc1)O3.[Na+]. The molecule has 1 saturated heterocycles. The van der Waals surface area contributed by atoms with Crippen molar-refractivity contribution in [1.82, 2.24) is 5.06 Å². The second-order valence-electron chi connectivity index (χ2n) is 19.0. The molecule has 0 N–H and O–H groups in total. The minimum atomic E-state index is -4.72.